The number of carbonyl (C=O) groups is 1. The molecule has 0 aliphatic rings. The maximum Gasteiger partial charge on any atom is 0.194 e. The minimum Gasteiger partial charge on any atom is -0.370 e. The molecular formula is C16H18O2. The normalized spacial score (nSPS) is 14.4. The molecule has 0 amide bonds. The fourth-order valence-electron chi connectivity index (χ4n) is 2.11. The molecule has 0 heterocycles. The van der Waals surface area contributed by atoms with Gasteiger partial charge in [0.25, 0.3) is 0 Å². The first-order chi connectivity index (χ1) is 8.62. The molecular weight excluding hydrogens is 224 g/mol. The first kappa shape index (κ1) is 12.8. The van der Waals surface area contributed by atoms with Crippen molar-refractivity contribution in [3.8, 4) is 0 Å². The van der Waals surface area contributed by atoms with Crippen LogP contribution in [-0.2, 0) is 4.74 Å². The summed E-state index contributed by atoms with van der Waals surface area (Å²) in [4.78, 5) is 12.6. The second-order valence-electron chi connectivity index (χ2n) is 4.64. The third kappa shape index (κ3) is 2.04. The van der Waals surface area contributed by atoms with Crippen molar-refractivity contribution in [3.05, 3.63) is 48.0 Å². The second-order valence-corrected chi connectivity index (χ2v) is 4.64. The lowest BCUT2D eigenvalue weighted by Crippen LogP contribution is -2.36. The fourth-order valence-corrected chi connectivity index (χ4v) is 2.11. The van der Waals surface area contributed by atoms with Gasteiger partial charge in [-0.25, -0.2) is 0 Å². The van der Waals surface area contributed by atoms with Crippen molar-refractivity contribution in [3.63, 3.8) is 0 Å². The summed E-state index contributed by atoms with van der Waals surface area (Å²) in [7, 11) is 1.59. The van der Waals surface area contributed by atoms with E-state index < -0.39 is 5.60 Å². The summed E-state index contributed by atoms with van der Waals surface area (Å²) in [6.45, 7) is 3.81. The van der Waals surface area contributed by atoms with Crippen LogP contribution in [0.1, 0.15) is 30.6 Å². The highest BCUT2D eigenvalue weighted by molar-refractivity contribution is 6.11. The number of hydrogen-bond donors (Lipinski definition) is 0. The Morgan fingerprint density at radius 3 is 2.50 bits per heavy atom. The zero-order valence-electron chi connectivity index (χ0n) is 11.1. The van der Waals surface area contributed by atoms with Gasteiger partial charge >= 0.3 is 0 Å². The molecule has 0 saturated carbocycles. The van der Waals surface area contributed by atoms with Gasteiger partial charge in [0.2, 0.25) is 0 Å². The van der Waals surface area contributed by atoms with Crippen LogP contribution in [0.5, 0.6) is 0 Å². The summed E-state index contributed by atoms with van der Waals surface area (Å²) in [5, 5.41) is 2.07. The monoisotopic (exact) mass is 242 g/mol. The van der Waals surface area contributed by atoms with Gasteiger partial charge in [-0.3, -0.25) is 4.79 Å². The molecule has 1 unspecified atom stereocenters. The highest BCUT2D eigenvalue weighted by atomic mass is 16.5. The lowest BCUT2D eigenvalue weighted by Gasteiger charge is -2.25. The van der Waals surface area contributed by atoms with Crippen molar-refractivity contribution in [1.29, 1.82) is 0 Å². The summed E-state index contributed by atoms with van der Waals surface area (Å²) >= 11 is 0. The molecule has 2 heteroatoms. The molecule has 0 saturated heterocycles. The first-order valence-corrected chi connectivity index (χ1v) is 6.20. The maximum atomic E-state index is 12.6. The van der Waals surface area contributed by atoms with E-state index >= 15 is 0 Å². The topological polar surface area (TPSA) is 26.3 Å². The van der Waals surface area contributed by atoms with Crippen LogP contribution < -0.4 is 0 Å². The average Bonchev–Trinajstić information content (AvgIpc) is 2.45. The summed E-state index contributed by atoms with van der Waals surface area (Å²) in [6, 6.07) is 13.7. The van der Waals surface area contributed by atoms with E-state index in [2.05, 4.69) is 0 Å². The number of Topliss-reactive ketones (excluding diaryl/α,β-unsaturated/α-hetero) is 1. The van der Waals surface area contributed by atoms with Gasteiger partial charge in [-0.2, -0.15) is 0 Å². The number of ketones is 1. The first-order valence-electron chi connectivity index (χ1n) is 6.20. The number of methoxy groups -OCH3 is 1. The van der Waals surface area contributed by atoms with E-state index in [1.54, 1.807) is 7.11 Å². The molecule has 2 aromatic carbocycles. The average molecular weight is 242 g/mol. The van der Waals surface area contributed by atoms with Gasteiger partial charge in [0.05, 0.1) is 0 Å². The second kappa shape index (κ2) is 4.91. The van der Waals surface area contributed by atoms with Crippen molar-refractivity contribution < 1.29 is 9.53 Å². The Hall–Kier alpha value is -1.67. The molecule has 18 heavy (non-hydrogen) atoms. The molecule has 0 radical (unpaired) electrons. The van der Waals surface area contributed by atoms with Gasteiger partial charge in [0, 0.05) is 12.7 Å². The van der Waals surface area contributed by atoms with Crippen molar-refractivity contribution in [1.82, 2.24) is 0 Å². The Labute approximate surface area is 108 Å². The van der Waals surface area contributed by atoms with Crippen LogP contribution in [0, 0.1) is 0 Å². The largest absolute Gasteiger partial charge is 0.370 e. The molecule has 0 aliphatic carbocycles. The molecule has 0 spiro atoms. The van der Waals surface area contributed by atoms with Crippen molar-refractivity contribution >= 4 is 16.6 Å². The van der Waals surface area contributed by atoms with E-state index in [1.165, 1.54) is 0 Å². The van der Waals surface area contributed by atoms with E-state index in [0.717, 1.165) is 16.3 Å². The number of carbonyl (C=O) groups excluding carboxylic acids is 1. The SMILES string of the molecule is CCC(C)(OC)C(=O)c1cccc2ccccc12. The molecule has 0 aliphatic heterocycles. The highest BCUT2D eigenvalue weighted by Crippen LogP contribution is 2.26. The third-order valence-corrected chi connectivity index (χ3v) is 3.64. The molecule has 2 aromatic rings. The lowest BCUT2D eigenvalue weighted by atomic mass is 9.89. The summed E-state index contributed by atoms with van der Waals surface area (Å²) in [5.74, 6) is 0.0456. The summed E-state index contributed by atoms with van der Waals surface area (Å²) < 4.78 is 5.40. The Balaban J connectivity index is 2.58. The minimum atomic E-state index is -0.746. The number of hydrogen-bond acceptors (Lipinski definition) is 2. The van der Waals surface area contributed by atoms with Gasteiger partial charge in [-0.15, -0.1) is 0 Å². The maximum absolute atomic E-state index is 12.6. The number of rotatable bonds is 4. The van der Waals surface area contributed by atoms with E-state index in [1.807, 2.05) is 56.3 Å². The number of benzene rings is 2. The number of ether oxygens (including phenoxy) is 1. The van der Waals surface area contributed by atoms with Crippen molar-refractivity contribution in [2.75, 3.05) is 7.11 Å². The predicted octanol–water partition coefficient (Wildman–Crippen LogP) is 3.84. The Kier molecular flexibility index (Phi) is 3.48. The highest BCUT2D eigenvalue weighted by Gasteiger charge is 2.32. The molecule has 1 atom stereocenters. The van der Waals surface area contributed by atoms with Gasteiger partial charge in [0.1, 0.15) is 5.60 Å². The smallest absolute Gasteiger partial charge is 0.194 e. The molecule has 2 rings (SSSR count). The molecule has 0 aromatic heterocycles. The molecule has 94 valence electrons. The van der Waals surface area contributed by atoms with Crippen LogP contribution in [0.15, 0.2) is 42.5 Å². The fraction of sp³-hybridized carbons (Fsp3) is 0.312. The van der Waals surface area contributed by atoms with Crippen LogP contribution in [0.3, 0.4) is 0 Å². The standard InChI is InChI=1S/C16H18O2/c1-4-16(2,18-3)15(17)14-11-7-9-12-8-5-6-10-13(12)14/h5-11H,4H2,1-3H3. The zero-order valence-corrected chi connectivity index (χ0v) is 11.1. The van der Waals surface area contributed by atoms with Crippen LogP contribution in [-0.4, -0.2) is 18.5 Å². The summed E-state index contributed by atoms with van der Waals surface area (Å²) in [5.41, 5.74) is -0.0104. The predicted molar refractivity (Wildman–Crippen MR) is 74.0 cm³/mol. The van der Waals surface area contributed by atoms with E-state index in [4.69, 9.17) is 4.74 Å². The Bertz CT molecular complexity index is 563. The van der Waals surface area contributed by atoms with Crippen LogP contribution >= 0.6 is 0 Å². The van der Waals surface area contributed by atoms with E-state index in [-0.39, 0.29) is 5.78 Å². The molecule has 0 N–H and O–H groups in total. The van der Waals surface area contributed by atoms with Gasteiger partial charge < -0.3 is 4.74 Å². The molecule has 0 fully saturated rings. The minimum absolute atomic E-state index is 0.0456. The van der Waals surface area contributed by atoms with Crippen molar-refractivity contribution in [2.45, 2.75) is 25.9 Å². The van der Waals surface area contributed by atoms with Gasteiger partial charge in [0.15, 0.2) is 5.78 Å². The zero-order chi connectivity index (χ0) is 13.2. The van der Waals surface area contributed by atoms with E-state index in [9.17, 15) is 4.79 Å². The van der Waals surface area contributed by atoms with E-state index in [0.29, 0.717) is 6.42 Å². The third-order valence-electron chi connectivity index (χ3n) is 3.64. The number of fused-ring (bicyclic) bond motifs is 1. The van der Waals surface area contributed by atoms with Gasteiger partial charge in [-0.1, -0.05) is 49.4 Å². The van der Waals surface area contributed by atoms with Crippen LogP contribution in [0.4, 0.5) is 0 Å². The Morgan fingerprint density at radius 2 is 1.83 bits per heavy atom. The van der Waals surface area contributed by atoms with Crippen LogP contribution in [0.25, 0.3) is 10.8 Å². The Morgan fingerprint density at radius 1 is 1.17 bits per heavy atom. The lowest BCUT2D eigenvalue weighted by molar-refractivity contribution is 0.0107. The van der Waals surface area contributed by atoms with Crippen LogP contribution in [0.2, 0.25) is 0 Å². The van der Waals surface area contributed by atoms with Gasteiger partial charge in [-0.05, 0) is 24.1 Å². The molecule has 0 bridgehead atoms. The molecule has 2 nitrogen and oxygen atoms in total. The quantitative estimate of drug-likeness (QED) is 0.761. The summed E-state index contributed by atoms with van der Waals surface area (Å²) in [6.07, 6.45) is 0.658. The van der Waals surface area contributed by atoms with Crippen molar-refractivity contribution in [2.24, 2.45) is 0 Å².